The first-order valence-corrected chi connectivity index (χ1v) is 25.0. The maximum absolute atomic E-state index is 14.3. The highest BCUT2D eigenvalue weighted by Crippen LogP contribution is 2.39. The lowest BCUT2D eigenvalue weighted by molar-refractivity contribution is -0.144. The number of amides is 3. The lowest BCUT2D eigenvalue weighted by atomic mass is 9.82. The molecule has 2 aromatic carbocycles. The summed E-state index contributed by atoms with van der Waals surface area (Å²) in [6.07, 6.45) is 8.19. The Morgan fingerprint density at radius 1 is 0.899 bits per heavy atom. The number of anilines is 3. The normalized spacial score (nSPS) is 23.0. The van der Waals surface area contributed by atoms with E-state index >= 15 is 0 Å². The maximum Gasteiger partial charge on any atom is 0.246 e. The Labute approximate surface area is 407 Å². The van der Waals surface area contributed by atoms with E-state index in [0.29, 0.717) is 36.5 Å². The number of carbonyl (C=O) groups excluding carboxylic acids is 3. The van der Waals surface area contributed by atoms with Gasteiger partial charge in [-0.3, -0.25) is 19.3 Å². The van der Waals surface area contributed by atoms with Crippen LogP contribution in [0.1, 0.15) is 82.5 Å². The lowest BCUT2D eigenvalue weighted by Gasteiger charge is -2.42. The van der Waals surface area contributed by atoms with Crippen LogP contribution in [0.25, 0.3) is 21.7 Å². The number of para-hydroxylation sites is 1. The molecule has 1 aliphatic carbocycles. The Morgan fingerprint density at radius 2 is 1.59 bits per heavy atom. The summed E-state index contributed by atoms with van der Waals surface area (Å²) in [7, 11) is 2.11. The van der Waals surface area contributed by atoms with Crippen molar-refractivity contribution >= 4 is 46.5 Å². The summed E-state index contributed by atoms with van der Waals surface area (Å²) >= 11 is 1.59. The van der Waals surface area contributed by atoms with Gasteiger partial charge in [0.05, 0.1) is 33.6 Å². The zero-order valence-corrected chi connectivity index (χ0v) is 40.9. The second-order valence-electron chi connectivity index (χ2n) is 20.4. The van der Waals surface area contributed by atoms with E-state index in [1.54, 1.807) is 23.5 Å². The molecule has 2 unspecified atom stereocenters. The number of hydrogen-bond donors (Lipinski definition) is 5. The van der Waals surface area contributed by atoms with Gasteiger partial charge in [0.25, 0.3) is 0 Å². The monoisotopic (exact) mass is 956 g/mol. The highest BCUT2D eigenvalue weighted by molar-refractivity contribution is 7.13. The number of benzene rings is 2. The molecule has 6 N–H and O–H groups in total. The molecule has 9 rings (SSSR count). The van der Waals surface area contributed by atoms with E-state index < -0.39 is 23.6 Å². The number of likely N-dealkylation sites (tertiary alicyclic amines) is 1. The lowest BCUT2D eigenvalue weighted by Crippen LogP contribution is -2.58. The number of carbonyl (C=O) groups is 3. The Hall–Kier alpha value is -6.24. The fraction of sp³-hybridized carbons (Fsp3) is 0.490. The first-order valence-electron chi connectivity index (χ1n) is 24.1. The molecule has 3 aromatic heterocycles. The van der Waals surface area contributed by atoms with E-state index in [1.165, 1.54) is 4.90 Å². The van der Waals surface area contributed by atoms with Crippen LogP contribution in [-0.4, -0.2) is 126 Å². The van der Waals surface area contributed by atoms with E-state index in [1.807, 2.05) is 88.1 Å². The zero-order valence-electron chi connectivity index (χ0n) is 40.1. The first-order chi connectivity index (χ1) is 33.1. The molecule has 5 atom stereocenters. The van der Waals surface area contributed by atoms with Crippen molar-refractivity contribution < 1.29 is 24.6 Å². The van der Waals surface area contributed by atoms with Crippen LogP contribution in [0.3, 0.4) is 0 Å². The van der Waals surface area contributed by atoms with Gasteiger partial charge in [-0.05, 0) is 87.2 Å². The van der Waals surface area contributed by atoms with Crippen molar-refractivity contribution in [3.63, 3.8) is 0 Å². The van der Waals surface area contributed by atoms with Crippen LogP contribution < -0.4 is 26.2 Å². The number of nitrogens with one attached hydrogen (secondary N) is 2. The number of aryl methyl sites for hydroxylation is 1. The molecule has 17 nitrogen and oxygen atoms in total. The third-order valence-corrected chi connectivity index (χ3v) is 15.5. The summed E-state index contributed by atoms with van der Waals surface area (Å²) in [6.45, 7) is 10.2. The number of nitrogens with zero attached hydrogens (tertiary/aromatic N) is 9. The van der Waals surface area contributed by atoms with Gasteiger partial charge in [-0.15, -0.1) is 21.5 Å². The molecule has 1 saturated carbocycles. The standard InChI is InChI=1S/C51H64N12O5S/c1-30-44(69-29-56-30)33-12-10-31(11-13-33)22-53-48(67)42-20-38(64)28-62(42)49(68)45(51(2,3)4)57-47(66)34-14-16-35(17-15-34)60(5)25-32-23-54-50(55-24-32)63-36-18-19-37(63)27-61(26-36)41-21-40(58-59-46(41)52)39-8-6-7-9-43(39)65/h6-13,21,23-24,29,34-38,42,45,64-65H,14-20,22,25-28H2,1-5H3,(H2,52,59)(H,53,67)(H,57,66)/t34?,35?,36?,37?,38-,42+,45-/m1/s1. The van der Waals surface area contributed by atoms with Gasteiger partial charge in [0.1, 0.15) is 17.8 Å². The van der Waals surface area contributed by atoms with Crippen molar-refractivity contribution in [3.8, 4) is 27.4 Å². The van der Waals surface area contributed by atoms with E-state index in [0.717, 1.165) is 77.7 Å². The molecular formula is C51H64N12O5S. The highest BCUT2D eigenvalue weighted by Gasteiger charge is 2.46. The number of nitrogen functional groups attached to an aromatic ring is 1. The molecule has 364 valence electrons. The number of rotatable bonds is 13. The summed E-state index contributed by atoms with van der Waals surface area (Å²) in [5.74, 6) is 0.138. The highest BCUT2D eigenvalue weighted by atomic mass is 32.1. The molecule has 2 bridgehead atoms. The SMILES string of the molecule is Cc1ncsc1-c1ccc(CNC(=O)[C@@H]2C[C@@H](O)CN2C(=O)[C@@H](NC(=O)C2CCC(N(C)Cc3cnc(N4C5CCC4CN(c4cc(-c6ccccc6O)nnc4N)C5)nc3)CC2)C(C)(C)C)cc1. The summed E-state index contributed by atoms with van der Waals surface area (Å²) in [6, 6.07) is 15.9. The van der Waals surface area contributed by atoms with Crippen LogP contribution in [0.15, 0.2) is 72.5 Å². The summed E-state index contributed by atoms with van der Waals surface area (Å²) in [5, 5.41) is 35.7. The minimum Gasteiger partial charge on any atom is -0.507 e. The van der Waals surface area contributed by atoms with E-state index in [9.17, 15) is 24.6 Å². The van der Waals surface area contributed by atoms with Gasteiger partial charge in [-0.2, -0.15) is 0 Å². The van der Waals surface area contributed by atoms with E-state index in [2.05, 4.69) is 47.6 Å². The van der Waals surface area contributed by atoms with Crippen molar-refractivity contribution in [1.29, 1.82) is 0 Å². The van der Waals surface area contributed by atoms with Crippen LogP contribution in [0, 0.1) is 18.3 Å². The average Bonchev–Trinajstić information content (AvgIpc) is 4.03. The molecular weight excluding hydrogens is 893 g/mol. The number of aromatic nitrogens is 5. The predicted molar refractivity (Wildman–Crippen MR) is 266 cm³/mol. The van der Waals surface area contributed by atoms with E-state index in [4.69, 9.17) is 15.7 Å². The number of hydrogen-bond acceptors (Lipinski definition) is 15. The summed E-state index contributed by atoms with van der Waals surface area (Å²) < 4.78 is 0. The summed E-state index contributed by atoms with van der Waals surface area (Å²) in [5.41, 5.74) is 13.5. The number of thiazole rings is 1. The van der Waals surface area contributed by atoms with Crippen LogP contribution in [0.2, 0.25) is 0 Å². The molecule has 69 heavy (non-hydrogen) atoms. The average molecular weight is 957 g/mol. The first kappa shape index (κ1) is 47.8. The molecule has 5 aromatic rings. The number of fused-ring (bicyclic) bond motifs is 2. The van der Waals surface area contributed by atoms with Gasteiger partial charge >= 0.3 is 0 Å². The van der Waals surface area contributed by atoms with Crippen LogP contribution in [-0.2, 0) is 27.5 Å². The molecule has 3 amide bonds. The summed E-state index contributed by atoms with van der Waals surface area (Å²) in [4.78, 5) is 65.4. The largest absolute Gasteiger partial charge is 0.507 e. The van der Waals surface area contributed by atoms with Crippen molar-refractivity contribution in [2.45, 2.75) is 122 Å². The van der Waals surface area contributed by atoms with Crippen LogP contribution >= 0.6 is 11.3 Å². The van der Waals surface area contributed by atoms with Crippen LogP contribution in [0.4, 0.5) is 17.5 Å². The molecule has 0 radical (unpaired) electrons. The molecule has 3 saturated heterocycles. The third-order valence-electron chi connectivity index (χ3n) is 14.5. The van der Waals surface area contributed by atoms with Crippen LogP contribution in [0.5, 0.6) is 5.75 Å². The fourth-order valence-corrected chi connectivity index (χ4v) is 11.5. The van der Waals surface area contributed by atoms with Gasteiger partial charge < -0.3 is 41.3 Å². The van der Waals surface area contributed by atoms with Crippen molar-refractivity contribution in [2.75, 3.05) is 42.2 Å². The smallest absolute Gasteiger partial charge is 0.246 e. The number of aliphatic hydroxyl groups is 1. The third kappa shape index (κ3) is 10.4. The van der Waals surface area contributed by atoms with Crippen molar-refractivity contribution in [3.05, 3.63) is 89.3 Å². The fourth-order valence-electron chi connectivity index (χ4n) is 10.7. The number of aliphatic hydroxyl groups excluding tert-OH is 1. The second kappa shape index (κ2) is 20.0. The Morgan fingerprint density at radius 3 is 2.25 bits per heavy atom. The number of β-amino-alcohol motifs (C(OH)–C–C–N with tert-alkyl or cyclic N) is 1. The Balaban J connectivity index is 0.754. The number of phenols is 1. The molecule has 4 aliphatic rings. The van der Waals surface area contributed by atoms with Crippen molar-refractivity contribution in [1.82, 2.24) is 45.6 Å². The molecule has 18 heteroatoms. The predicted octanol–water partition coefficient (Wildman–Crippen LogP) is 5.31. The van der Waals surface area contributed by atoms with Gasteiger partial charge in [0.2, 0.25) is 23.7 Å². The van der Waals surface area contributed by atoms with Crippen molar-refractivity contribution in [2.24, 2.45) is 11.3 Å². The minimum atomic E-state index is -0.877. The maximum atomic E-state index is 14.3. The Kier molecular flexibility index (Phi) is 13.9. The minimum absolute atomic E-state index is 0.0247. The number of piperazine rings is 1. The molecule has 0 spiro atoms. The molecule has 4 fully saturated rings. The quantitative estimate of drug-likeness (QED) is 0.101. The topological polar surface area (TPSA) is 219 Å². The number of phenolic OH excluding ortho intramolecular Hbond substituents is 1. The second-order valence-corrected chi connectivity index (χ2v) is 21.3. The number of aromatic hydroxyl groups is 1. The zero-order chi connectivity index (χ0) is 48.6. The van der Waals surface area contributed by atoms with Gasteiger partial charge in [-0.25, -0.2) is 15.0 Å². The van der Waals surface area contributed by atoms with Gasteiger partial charge in [0, 0.05) is 86.7 Å². The number of nitrogens with two attached hydrogens (primary N) is 1. The molecule has 3 aliphatic heterocycles. The van der Waals surface area contributed by atoms with E-state index in [-0.39, 0.29) is 67.0 Å². The van der Waals surface area contributed by atoms with Gasteiger partial charge in [-0.1, -0.05) is 57.2 Å². The molecule has 6 heterocycles. The Bertz CT molecular complexity index is 2620. The van der Waals surface area contributed by atoms with Gasteiger partial charge in [0.15, 0.2) is 5.82 Å².